The SMILES string of the molecule is CC(C)c1ccc(C(C)(C)N)cc1F. The molecule has 0 aromatic heterocycles. The predicted molar refractivity (Wildman–Crippen MR) is 57.7 cm³/mol. The highest BCUT2D eigenvalue weighted by Crippen LogP contribution is 2.23. The van der Waals surface area contributed by atoms with Gasteiger partial charge in [-0.25, -0.2) is 4.39 Å². The van der Waals surface area contributed by atoms with Gasteiger partial charge in [-0.05, 0) is 37.0 Å². The van der Waals surface area contributed by atoms with Crippen molar-refractivity contribution < 1.29 is 4.39 Å². The molecule has 0 aliphatic heterocycles. The number of hydrogen-bond acceptors (Lipinski definition) is 1. The summed E-state index contributed by atoms with van der Waals surface area (Å²) in [6.45, 7) is 7.70. The lowest BCUT2D eigenvalue weighted by Gasteiger charge is -2.20. The zero-order valence-electron chi connectivity index (χ0n) is 9.26. The molecule has 0 heterocycles. The van der Waals surface area contributed by atoms with E-state index in [9.17, 15) is 4.39 Å². The van der Waals surface area contributed by atoms with Gasteiger partial charge in [0.1, 0.15) is 5.82 Å². The molecule has 0 saturated carbocycles. The van der Waals surface area contributed by atoms with Gasteiger partial charge in [-0.3, -0.25) is 0 Å². The molecule has 0 saturated heterocycles. The summed E-state index contributed by atoms with van der Waals surface area (Å²) in [4.78, 5) is 0. The summed E-state index contributed by atoms with van der Waals surface area (Å²) in [5.74, 6) is 0.0564. The summed E-state index contributed by atoms with van der Waals surface area (Å²) in [6, 6.07) is 5.26. The lowest BCUT2D eigenvalue weighted by Crippen LogP contribution is -2.28. The molecular weight excluding hydrogens is 177 g/mol. The van der Waals surface area contributed by atoms with Crippen molar-refractivity contribution in [3.8, 4) is 0 Å². The smallest absolute Gasteiger partial charge is 0.127 e. The van der Waals surface area contributed by atoms with Gasteiger partial charge in [0, 0.05) is 5.54 Å². The summed E-state index contributed by atoms with van der Waals surface area (Å²) in [7, 11) is 0. The molecular formula is C12H18FN. The van der Waals surface area contributed by atoms with Crippen LogP contribution in [0.15, 0.2) is 18.2 Å². The van der Waals surface area contributed by atoms with E-state index in [1.54, 1.807) is 0 Å². The van der Waals surface area contributed by atoms with Crippen LogP contribution in [0.1, 0.15) is 44.7 Å². The van der Waals surface area contributed by atoms with Gasteiger partial charge in [0.25, 0.3) is 0 Å². The molecule has 0 atom stereocenters. The zero-order chi connectivity index (χ0) is 10.9. The molecule has 0 fully saturated rings. The minimum atomic E-state index is -0.476. The van der Waals surface area contributed by atoms with E-state index >= 15 is 0 Å². The zero-order valence-corrected chi connectivity index (χ0v) is 9.26. The maximum Gasteiger partial charge on any atom is 0.127 e. The van der Waals surface area contributed by atoms with Crippen molar-refractivity contribution in [3.63, 3.8) is 0 Å². The van der Waals surface area contributed by atoms with Crippen LogP contribution in [0.3, 0.4) is 0 Å². The van der Waals surface area contributed by atoms with Crippen LogP contribution < -0.4 is 5.73 Å². The van der Waals surface area contributed by atoms with Gasteiger partial charge in [0.2, 0.25) is 0 Å². The van der Waals surface area contributed by atoms with Crippen molar-refractivity contribution in [2.45, 2.75) is 39.2 Å². The monoisotopic (exact) mass is 195 g/mol. The molecule has 1 aromatic rings. The van der Waals surface area contributed by atoms with Crippen molar-refractivity contribution in [1.82, 2.24) is 0 Å². The molecule has 0 radical (unpaired) electrons. The summed E-state index contributed by atoms with van der Waals surface area (Å²) in [5.41, 5.74) is 6.99. The van der Waals surface area contributed by atoms with Crippen LogP contribution in [0.2, 0.25) is 0 Å². The van der Waals surface area contributed by atoms with Gasteiger partial charge in [-0.15, -0.1) is 0 Å². The third-order valence-electron chi connectivity index (χ3n) is 2.37. The highest BCUT2D eigenvalue weighted by atomic mass is 19.1. The van der Waals surface area contributed by atoms with E-state index in [0.29, 0.717) is 0 Å². The lowest BCUT2D eigenvalue weighted by atomic mass is 9.92. The average Bonchev–Trinajstić information content (AvgIpc) is 2.01. The Morgan fingerprint density at radius 2 is 1.86 bits per heavy atom. The molecule has 0 aliphatic rings. The number of halogens is 1. The molecule has 0 amide bonds. The van der Waals surface area contributed by atoms with Gasteiger partial charge in [-0.2, -0.15) is 0 Å². The molecule has 0 bridgehead atoms. The van der Waals surface area contributed by atoms with E-state index in [4.69, 9.17) is 5.73 Å². The van der Waals surface area contributed by atoms with Crippen LogP contribution in [0.5, 0.6) is 0 Å². The van der Waals surface area contributed by atoms with Gasteiger partial charge in [0.15, 0.2) is 0 Å². The number of hydrogen-bond donors (Lipinski definition) is 1. The first-order valence-electron chi connectivity index (χ1n) is 4.91. The first kappa shape index (κ1) is 11.2. The van der Waals surface area contributed by atoms with Crippen molar-refractivity contribution in [3.05, 3.63) is 35.1 Å². The number of rotatable bonds is 2. The second-order valence-electron chi connectivity index (χ2n) is 4.61. The summed E-state index contributed by atoms with van der Waals surface area (Å²) in [6.07, 6.45) is 0. The first-order valence-corrected chi connectivity index (χ1v) is 4.91. The second kappa shape index (κ2) is 3.70. The second-order valence-corrected chi connectivity index (χ2v) is 4.61. The highest BCUT2D eigenvalue weighted by Gasteiger charge is 2.16. The van der Waals surface area contributed by atoms with E-state index in [1.807, 2.05) is 39.8 Å². The van der Waals surface area contributed by atoms with E-state index in [0.717, 1.165) is 11.1 Å². The van der Waals surface area contributed by atoms with Crippen molar-refractivity contribution in [2.24, 2.45) is 5.73 Å². The van der Waals surface area contributed by atoms with Gasteiger partial charge in [0.05, 0.1) is 0 Å². The maximum absolute atomic E-state index is 13.6. The molecule has 0 spiro atoms. The Kier molecular flexibility index (Phi) is 2.95. The standard InChI is InChI=1S/C12H18FN/c1-8(2)10-6-5-9(7-11(10)13)12(3,4)14/h5-8H,14H2,1-4H3. The van der Waals surface area contributed by atoms with E-state index in [-0.39, 0.29) is 11.7 Å². The van der Waals surface area contributed by atoms with Crippen molar-refractivity contribution in [1.29, 1.82) is 0 Å². The first-order chi connectivity index (χ1) is 6.32. The molecule has 0 aliphatic carbocycles. The average molecular weight is 195 g/mol. The molecule has 2 heteroatoms. The Hall–Kier alpha value is -0.890. The minimum absolute atomic E-state index is 0.156. The van der Waals surface area contributed by atoms with Crippen molar-refractivity contribution in [2.75, 3.05) is 0 Å². The Bertz CT molecular complexity index is 324. The Labute approximate surface area is 85.1 Å². The highest BCUT2D eigenvalue weighted by molar-refractivity contribution is 5.30. The van der Waals surface area contributed by atoms with Crippen LogP contribution in [-0.2, 0) is 5.54 Å². The molecule has 1 rings (SSSR count). The summed E-state index contributed by atoms with van der Waals surface area (Å²) in [5, 5.41) is 0. The lowest BCUT2D eigenvalue weighted by molar-refractivity contribution is 0.538. The molecule has 0 unspecified atom stereocenters. The number of nitrogens with two attached hydrogens (primary N) is 1. The summed E-state index contributed by atoms with van der Waals surface area (Å²) < 4.78 is 13.6. The largest absolute Gasteiger partial charge is 0.322 e. The van der Waals surface area contributed by atoms with E-state index < -0.39 is 5.54 Å². The Morgan fingerprint density at radius 1 is 1.29 bits per heavy atom. The minimum Gasteiger partial charge on any atom is -0.322 e. The normalized spacial score (nSPS) is 12.2. The van der Waals surface area contributed by atoms with Crippen molar-refractivity contribution >= 4 is 0 Å². The van der Waals surface area contributed by atoms with Crippen LogP contribution >= 0.6 is 0 Å². The third kappa shape index (κ3) is 2.32. The summed E-state index contributed by atoms with van der Waals surface area (Å²) >= 11 is 0. The van der Waals surface area contributed by atoms with Gasteiger partial charge >= 0.3 is 0 Å². The fourth-order valence-electron chi connectivity index (χ4n) is 1.40. The predicted octanol–water partition coefficient (Wildman–Crippen LogP) is 3.14. The number of benzene rings is 1. The van der Waals surface area contributed by atoms with Gasteiger partial charge < -0.3 is 5.73 Å². The Balaban J connectivity index is 3.13. The van der Waals surface area contributed by atoms with Crippen LogP contribution in [0.25, 0.3) is 0 Å². The molecule has 2 N–H and O–H groups in total. The van der Waals surface area contributed by atoms with Crippen LogP contribution in [-0.4, -0.2) is 0 Å². The Morgan fingerprint density at radius 3 is 2.21 bits per heavy atom. The molecule has 78 valence electrons. The third-order valence-corrected chi connectivity index (χ3v) is 2.37. The fourth-order valence-corrected chi connectivity index (χ4v) is 1.40. The van der Waals surface area contributed by atoms with Crippen LogP contribution in [0.4, 0.5) is 4.39 Å². The topological polar surface area (TPSA) is 26.0 Å². The van der Waals surface area contributed by atoms with E-state index in [2.05, 4.69) is 0 Å². The maximum atomic E-state index is 13.6. The van der Waals surface area contributed by atoms with E-state index in [1.165, 1.54) is 6.07 Å². The fraction of sp³-hybridized carbons (Fsp3) is 0.500. The quantitative estimate of drug-likeness (QED) is 0.770. The molecule has 1 nitrogen and oxygen atoms in total. The molecule has 14 heavy (non-hydrogen) atoms. The van der Waals surface area contributed by atoms with Gasteiger partial charge in [-0.1, -0.05) is 26.0 Å². The molecule has 1 aromatic carbocycles. The van der Waals surface area contributed by atoms with Crippen LogP contribution in [0, 0.1) is 5.82 Å².